The second-order valence-electron chi connectivity index (χ2n) is 30.2. The molecule has 16 rings (SSSR count). The van der Waals surface area contributed by atoms with Gasteiger partial charge in [-0.05, 0) is 217 Å². The van der Waals surface area contributed by atoms with Crippen molar-refractivity contribution in [3.05, 3.63) is 255 Å². The molecule has 660 valence electrons. The summed E-state index contributed by atoms with van der Waals surface area (Å²) in [5.74, 6) is -11.2. The third kappa shape index (κ3) is 17.8. The normalized spacial score (nSPS) is 25.4. The van der Waals surface area contributed by atoms with Gasteiger partial charge in [-0.1, -0.05) is 52.5 Å². The van der Waals surface area contributed by atoms with E-state index in [2.05, 4.69) is 6.58 Å². The molecule has 8 heterocycles. The first-order valence-electron chi connectivity index (χ1n) is 38.4. The Morgan fingerprint density at radius 2 is 0.659 bits per heavy atom. The summed E-state index contributed by atoms with van der Waals surface area (Å²) in [7, 11) is -16.8. The van der Waals surface area contributed by atoms with E-state index in [9.17, 15) is 66.2 Å². The van der Waals surface area contributed by atoms with Crippen molar-refractivity contribution in [2.75, 3.05) is 59.5 Å². The number of hydrogen-bond acceptors (Lipinski definition) is 19. The molecule has 8 aliphatic heterocycles. The number of benzene rings is 8. The number of aliphatic hydroxyl groups is 2. The minimum atomic E-state index is -4.22. The Labute approximate surface area is 754 Å². The van der Waals surface area contributed by atoms with Crippen LogP contribution in [-0.4, -0.2) is 163 Å². The molecule has 0 aromatic heterocycles. The third-order valence-electron chi connectivity index (χ3n) is 23.9. The van der Waals surface area contributed by atoms with Crippen molar-refractivity contribution < 1.29 is 139 Å². The molecular formula is C86H85BrCl4F8MgO19S4. The standard InChI is InChI=1S/C22H23ClF2O5S.C21H21ClF2O5S.C21H19ClF2O5S.C21H19ClF2O4S.CH3.BrH.Mg/c1-13(26)2-9-19-16-12-30-21-18(25)8-7-17(24)20(21)22(16,10-11-29-19)31(27,28)15-5-3-14(23)4-6-15;2*22-13-3-5-14(6-4-13)30(26,27)21-9-11-28-18(2-1-10-25)15(21)12-29-20-17(24)8-7-16(23)19(20)21;1-2-3-18-15-12-28-20-17(24)9-8-16(23)19(20)21(15,10-11-27-18)29(25,26)14-6-4-13(22)5-7-14;;;/h3-8,13,16,19,26H,2,9-12H2,1H3;3-8,15,18,25H,1-2,9-12H2;3-8,10,15,18H,1-2,9,11-12H2;2,4-9,15,18H,1,3,10-12H2;1H3;1H;/q;;;;-1;;+2/p-1/t13?,16-,19-,22-;3*15-,18-,21-;;;/m0000.../s1. The van der Waals surface area contributed by atoms with Crippen LogP contribution in [0.4, 0.5) is 35.1 Å². The number of sulfone groups is 4. The molecule has 19 nitrogen and oxygen atoms in total. The number of halogens is 13. The monoisotopic (exact) mass is 1940 g/mol. The zero-order valence-electron chi connectivity index (χ0n) is 66.1. The zero-order valence-corrected chi connectivity index (χ0v) is 75.4. The fourth-order valence-corrected chi connectivity index (χ4v) is 28.3. The van der Waals surface area contributed by atoms with Gasteiger partial charge < -0.3 is 77.3 Å². The first kappa shape index (κ1) is 98.9. The van der Waals surface area contributed by atoms with Crippen molar-refractivity contribution in [2.45, 2.75) is 147 Å². The quantitative estimate of drug-likeness (QED) is 0.0250. The van der Waals surface area contributed by atoms with Crippen LogP contribution in [0.3, 0.4) is 0 Å². The molecule has 2 N–H and O–H groups in total. The molecule has 8 aromatic rings. The van der Waals surface area contributed by atoms with E-state index in [-0.39, 0.29) is 210 Å². The van der Waals surface area contributed by atoms with Gasteiger partial charge in [0.15, 0.2) is 85.6 Å². The van der Waals surface area contributed by atoms with Crippen molar-refractivity contribution in [1.82, 2.24) is 0 Å². The summed E-state index contributed by atoms with van der Waals surface area (Å²) < 4.78 is 269. The largest absolute Gasteiger partial charge is 2.00 e. The van der Waals surface area contributed by atoms with E-state index in [1.807, 2.05) is 0 Å². The summed E-state index contributed by atoms with van der Waals surface area (Å²) in [6, 6.07) is 30.0. The summed E-state index contributed by atoms with van der Waals surface area (Å²) in [5, 5.41) is 20.4. The Morgan fingerprint density at radius 3 is 0.911 bits per heavy atom. The van der Waals surface area contributed by atoms with Crippen LogP contribution in [-0.2, 0) is 82.1 Å². The number of aldehydes is 1. The first-order valence-corrected chi connectivity index (χ1v) is 45.9. The fraction of sp³-hybridized carbons (Fsp3) is 0.395. The molecular weight excluding hydrogens is 1860 g/mol. The van der Waals surface area contributed by atoms with E-state index in [0.717, 1.165) is 48.5 Å². The Bertz CT molecular complexity index is 5640. The van der Waals surface area contributed by atoms with E-state index in [1.165, 1.54) is 97.1 Å². The van der Waals surface area contributed by atoms with E-state index in [4.69, 9.17) is 84.3 Å². The molecule has 13 atom stereocenters. The smallest absolute Gasteiger partial charge is 1.00 e. The number of carbonyl (C=O) groups is 1. The van der Waals surface area contributed by atoms with Gasteiger partial charge in [0.2, 0.25) is 0 Å². The van der Waals surface area contributed by atoms with Gasteiger partial charge in [0.05, 0.1) is 98.8 Å². The maximum atomic E-state index is 15.2. The van der Waals surface area contributed by atoms with Crippen LogP contribution in [0.15, 0.2) is 178 Å². The van der Waals surface area contributed by atoms with E-state index in [1.54, 1.807) is 13.0 Å². The van der Waals surface area contributed by atoms with Gasteiger partial charge in [0.1, 0.15) is 48.5 Å². The molecule has 4 saturated heterocycles. The molecule has 0 saturated carbocycles. The van der Waals surface area contributed by atoms with Gasteiger partial charge in [0, 0.05) is 83.2 Å². The summed E-state index contributed by atoms with van der Waals surface area (Å²) in [4.78, 5) is 10.8. The summed E-state index contributed by atoms with van der Waals surface area (Å²) in [5.41, 5.74) is -1.15. The first-order chi connectivity index (χ1) is 57.2. The van der Waals surface area contributed by atoms with Crippen LogP contribution < -0.4 is 35.9 Å². The van der Waals surface area contributed by atoms with Crippen molar-refractivity contribution in [3.8, 4) is 23.0 Å². The third-order valence-corrected chi connectivity index (χ3v) is 35.1. The molecule has 0 aliphatic carbocycles. The Balaban J connectivity index is 0.000000170. The Hall–Kier alpha value is -6.22. The van der Waals surface area contributed by atoms with E-state index >= 15 is 17.6 Å². The second-order valence-corrected chi connectivity index (χ2v) is 40.8. The number of carbonyl (C=O) groups excluding carboxylic acids is 1. The van der Waals surface area contributed by atoms with Crippen LogP contribution >= 0.6 is 46.4 Å². The van der Waals surface area contributed by atoms with Crippen molar-refractivity contribution in [3.63, 3.8) is 0 Å². The second kappa shape index (κ2) is 40.2. The summed E-state index contributed by atoms with van der Waals surface area (Å²) in [6.45, 7) is 4.85. The Kier molecular flexibility index (Phi) is 32.3. The van der Waals surface area contributed by atoms with Crippen LogP contribution in [0.1, 0.15) is 99.8 Å². The van der Waals surface area contributed by atoms with Crippen molar-refractivity contribution in [1.29, 1.82) is 0 Å². The number of fused-ring (bicyclic) bond motifs is 12. The SMILES string of the molecule is C=CC[C@@H]1OCC[C@@]2(S(=O)(=O)c3ccc(Cl)cc3)c3c(F)ccc(F)c3OC[C@@H]12.CC(O)CC[C@@H]1OCC[C@@]2(S(=O)(=O)c3ccc(Cl)cc3)c3c(F)ccc(F)c3OC[C@@H]12.O=CCC[C@@H]1OCC[C@@]2(S(=O)(=O)c3ccc(Cl)cc3)c3c(F)ccc(F)c3OC[C@@H]12.O=S(=O)(c1ccc(Cl)cc1)[C@@]12CCO[C@@H](CCCO)[C@@H]1COc1c(F)ccc(F)c12.[Br-].[CH3-].[Mg+2]. The minimum Gasteiger partial charge on any atom is -1.00 e. The predicted octanol–water partition coefficient (Wildman–Crippen LogP) is 13.9. The summed E-state index contributed by atoms with van der Waals surface area (Å²) >= 11 is 23.7. The van der Waals surface area contributed by atoms with Crippen molar-refractivity contribution >= 4 is 115 Å². The molecule has 1 unspecified atom stereocenters. The summed E-state index contributed by atoms with van der Waals surface area (Å²) in [6.07, 6.45) is 1.35. The maximum absolute atomic E-state index is 15.2. The number of hydrogen-bond donors (Lipinski definition) is 2. The van der Waals surface area contributed by atoms with Crippen LogP contribution in [0, 0.1) is 77.6 Å². The van der Waals surface area contributed by atoms with E-state index in [0.29, 0.717) is 58.5 Å². The molecule has 0 spiro atoms. The predicted molar refractivity (Wildman–Crippen MR) is 440 cm³/mol. The number of rotatable bonds is 19. The number of aliphatic hydroxyl groups excluding tert-OH is 2. The van der Waals surface area contributed by atoms with Gasteiger partial charge in [-0.15, -0.1) is 6.58 Å². The molecule has 123 heavy (non-hydrogen) atoms. The van der Waals surface area contributed by atoms with Crippen LogP contribution in [0.2, 0.25) is 20.1 Å². The van der Waals surface area contributed by atoms with Gasteiger partial charge in [0.25, 0.3) is 0 Å². The number of ether oxygens (including phenoxy) is 8. The molecule has 0 amide bonds. The zero-order chi connectivity index (χ0) is 86.2. The van der Waals surface area contributed by atoms with Gasteiger partial charge in [-0.25, -0.2) is 68.8 Å². The Morgan fingerprint density at radius 1 is 0.415 bits per heavy atom. The topological polar surface area (TPSA) is 268 Å². The van der Waals surface area contributed by atoms with Gasteiger partial charge >= 0.3 is 23.1 Å². The minimum absolute atomic E-state index is 0. The molecule has 8 aromatic carbocycles. The van der Waals surface area contributed by atoms with Gasteiger partial charge in [-0.3, -0.25) is 0 Å². The average Bonchev–Trinajstić information content (AvgIpc) is 0.713. The molecule has 0 bridgehead atoms. The molecule has 37 heteroatoms. The fourth-order valence-electron chi connectivity index (χ4n) is 18.4. The van der Waals surface area contributed by atoms with Crippen LogP contribution in [0.5, 0.6) is 23.0 Å². The molecule has 8 aliphatic rings. The van der Waals surface area contributed by atoms with Gasteiger partial charge in [-0.2, -0.15) is 0 Å². The maximum Gasteiger partial charge on any atom is 2.00 e. The molecule has 4 fully saturated rings. The average molecular weight is 1950 g/mol. The molecule has 0 radical (unpaired) electrons. The van der Waals surface area contributed by atoms with E-state index < -0.39 is 159 Å². The van der Waals surface area contributed by atoms with Crippen LogP contribution in [0.25, 0.3) is 0 Å². The van der Waals surface area contributed by atoms with Crippen molar-refractivity contribution in [2.24, 2.45) is 23.7 Å².